The van der Waals surface area contributed by atoms with Crippen molar-refractivity contribution < 1.29 is 13.2 Å². The first kappa shape index (κ1) is 13.4. The van der Waals surface area contributed by atoms with Gasteiger partial charge in [-0.2, -0.15) is 0 Å². The molecule has 2 rings (SSSR count). The number of hydrogen-bond acceptors (Lipinski definition) is 3. The van der Waals surface area contributed by atoms with Gasteiger partial charge in [-0.05, 0) is 51.3 Å². The molecule has 1 aromatic rings. The van der Waals surface area contributed by atoms with E-state index in [1.54, 1.807) is 0 Å². The second kappa shape index (κ2) is 3.73. The Labute approximate surface area is 109 Å². The summed E-state index contributed by atoms with van der Waals surface area (Å²) in [4.78, 5) is 0.472. The number of hydrogen-bond donors (Lipinski definition) is 0. The predicted octanol–water partition coefficient (Wildman–Crippen LogP) is 2.73. The molecule has 0 bridgehead atoms. The molecule has 1 aliphatic heterocycles. The highest BCUT2D eigenvalue weighted by atomic mass is 32.2. The SMILES string of the molecule is Cc1c(C)c(S(C)(=O)=O)c(C)c2c1OC(C)(C)C2. The van der Waals surface area contributed by atoms with Gasteiger partial charge in [0, 0.05) is 18.2 Å². The Morgan fingerprint density at radius 1 is 1.06 bits per heavy atom. The van der Waals surface area contributed by atoms with E-state index in [2.05, 4.69) is 0 Å². The minimum absolute atomic E-state index is 0.250. The van der Waals surface area contributed by atoms with Crippen LogP contribution in [0.3, 0.4) is 0 Å². The zero-order valence-electron chi connectivity index (χ0n) is 11.8. The molecule has 0 aromatic heterocycles. The highest BCUT2D eigenvalue weighted by molar-refractivity contribution is 7.90. The Morgan fingerprint density at radius 2 is 1.61 bits per heavy atom. The van der Waals surface area contributed by atoms with Crippen LogP contribution in [0.2, 0.25) is 0 Å². The maximum atomic E-state index is 11.9. The summed E-state index contributed by atoms with van der Waals surface area (Å²) in [6, 6.07) is 0. The highest BCUT2D eigenvalue weighted by Crippen LogP contribution is 2.43. The summed E-state index contributed by atoms with van der Waals surface area (Å²) in [5.41, 5.74) is 3.40. The van der Waals surface area contributed by atoms with E-state index in [0.717, 1.165) is 34.4 Å². The second-order valence-electron chi connectivity index (χ2n) is 5.82. The molecule has 0 amide bonds. The molecule has 0 unspecified atom stereocenters. The van der Waals surface area contributed by atoms with Crippen LogP contribution in [0, 0.1) is 20.8 Å². The summed E-state index contributed by atoms with van der Waals surface area (Å²) in [7, 11) is -3.20. The third kappa shape index (κ3) is 1.92. The van der Waals surface area contributed by atoms with Gasteiger partial charge in [0.15, 0.2) is 9.84 Å². The zero-order chi connectivity index (χ0) is 13.9. The van der Waals surface area contributed by atoms with Crippen LogP contribution in [-0.2, 0) is 16.3 Å². The summed E-state index contributed by atoms with van der Waals surface area (Å²) in [6.45, 7) is 9.73. The highest BCUT2D eigenvalue weighted by Gasteiger charge is 2.35. The third-order valence-electron chi connectivity index (χ3n) is 3.66. The van der Waals surface area contributed by atoms with Crippen LogP contribution < -0.4 is 4.74 Å². The number of fused-ring (bicyclic) bond motifs is 1. The summed E-state index contributed by atoms with van der Waals surface area (Å²) in [5, 5.41) is 0. The van der Waals surface area contributed by atoms with Crippen molar-refractivity contribution >= 4 is 9.84 Å². The standard InChI is InChI=1S/C14H20O3S/c1-8-9(2)13(18(6,15)16)10(3)11-7-14(4,5)17-12(8)11/h7H2,1-6H3. The first-order valence-corrected chi connectivity index (χ1v) is 7.95. The molecular formula is C14H20O3S. The molecule has 1 heterocycles. The first-order valence-electron chi connectivity index (χ1n) is 6.06. The van der Waals surface area contributed by atoms with E-state index < -0.39 is 9.84 Å². The van der Waals surface area contributed by atoms with E-state index in [0.29, 0.717) is 4.90 Å². The largest absolute Gasteiger partial charge is 0.487 e. The molecule has 18 heavy (non-hydrogen) atoms. The van der Waals surface area contributed by atoms with Crippen molar-refractivity contribution in [3.63, 3.8) is 0 Å². The molecule has 1 aliphatic rings. The lowest BCUT2D eigenvalue weighted by atomic mass is 9.94. The van der Waals surface area contributed by atoms with Crippen LogP contribution in [0.1, 0.15) is 36.1 Å². The summed E-state index contributed by atoms with van der Waals surface area (Å²) >= 11 is 0. The molecule has 0 atom stereocenters. The van der Waals surface area contributed by atoms with E-state index in [4.69, 9.17) is 4.74 Å². The van der Waals surface area contributed by atoms with Crippen LogP contribution in [-0.4, -0.2) is 20.3 Å². The van der Waals surface area contributed by atoms with Gasteiger partial charge >= 0.3 is 0 Å². The lowest BCUT2D eigenvalue weighted by Crippen LogP contribution is -2.24. The van der Waals surface area contributed by atoms with E-state index in [9.17, 15) is 8.42 Å². The number of sulfone groups is 1. The normalized spacial score (nSPS) is 17.4. The van der Waals surface area contributed by atoms with Crippen LogP contribution in [0.25, 0.3) is 0 Å². The van der Waals surface area contributed by atoms with Crippen molar-refractivity contribution in [3.05, 3.63) is 22.3 Å². The number of rotatable bonds is 1. The Balaban J connectivity index is 2.83. The van der Waals surface area contributed by atoms with E-state index in [1.807, 2.05) is 34.6 Å². The van der Waals surface area contributed by atoms with Crippen molar-refractivity contribution in [3.8, 4) is 5.75 Å². The predicted molar refractivity (Wildman–Crippen MR) is 72.2 cm³/mol. The first-order chi connectivity index (χ1) is 8.04. The number of benzene rings is 1. The molecule has 0 radical (unpaired) electrons. The minimum Gasteiger partial charge on any atom is -0.487 e. The molecule has 0 saturated carbocycles. The van der Waals surface area contributed by atoms with Crippen molar-refractivity contribution in [2.75, 3.05) is 6.26 Å². The van der Waals surface area contributed by atoms with E-state index in [-0.39, 0.29) is 5.60 Å². The molecule has 100 valence electrons. The van der Waals surface area contributed by atoms with Crippen molar-refractivity contribution in [1.82, 2.24) is 0 Å². The van der Waals surface area contributed by atoms with Gasteiger partial charge in [0.1, 0.15) is 11.4 Å². The summed E-state index contributed by atoms with van der Waals surface area (Å²) in [6.07, 6.45) is 2.03. The van der Waals surface area contributed by atoms with Crippen LogP contribution >= 0.6 is 0 Å². The Morgan fingerprint density at radius 3 is 2.11 bits per heavy atom. The summed E-state index contributed by atoms with van der Waals surface area (Å²) in [5.74, 6) is 0.877. The van der Waals surface area contributed by atoms with Crippen molar-refractivity contribution in [2.24, 2.45) is 0 Å². The molecule has 0 N–H and O–H groups in total. The lowest BCUT2D eigenvalue weighted by molar-refractivity contribution is 0.137. The fourth-order valence-corrected chi connectivity index (χ4v) is 4.19. The van der Waals surface area contributed by atoms with Crippen LogP contribution in [0.5, 0.6) is 5.75 Å². The van der Waals surface area contributed by atoms with Crippen LogP contribution in [0.15, 0.2) is 4.90 Å². The van der Waals surface area contributed by atoms with Gasteiger partial charge in [0.05, 0.1) is 4.90 Å². The van der Waals surface area contributed by atoms with E-state index in [1.165, 1.54) is 6.26 Å². The quantitative estimate of drug-likeness (QED) is 0.786. The minimum atomic E-state index is -3.20. The Kier molecular flexibility index (Phi) is 2.78. The Bertz CT molecular complexity index is 625. The maximum absolute atomic E-state index is 11.9. The summed E-state index contributed by atoms with van der Waals surface area (Å²) < 4.78 is 29.9. The van der Waals surface area contributed by atoms with Gasteiger partial charge in [-0.25, -0.2) is 8.42 Å². The zero-order valence-corrected chi connectivity index (χ0v) is 12.7. The van der Waals surface area contributed by atoms with Gasteiger partial charge in [-0.3, -0.25) is 0 Å². The molecule has 0 fully saturated rings. The average molecular weight is 268 g/mol. The van der Waals surface area contributed by atoms with Gasteiger partial charge in [0.25, 0.3) is 0 Å². The maximum Gasteiger partial charge on any atom is 0.176 e. The van der Waals surface area contributed by atoms with Gasteiger partial charge in [-0.15, -0.1) is 0 Å². The van der Waals surface area contributed by atoms with Gasteiger partial charge < -0.3 is 4.74 Å². The monoisotopic (exact) mass is 268 g/mol. The average Bonchev–Trinajstić information content (AvgIpc) is 2.49. The van der Waals surface area contributed by atoms with E-state index >= 15 is 0 Å². The smallest absolute Gasteiger partial charge is 0.176 e. The topological polar surface area (TPSA) is 43.4 Å². The molecule has 0 spiro atoms. The van der Waals surface area contributed by atoms with Crippen molar-refractivity contribution in [2.45, 2.75) is 51.5 Å². The van der Waals surface area contributed by atoms with Crippen LogP contribution in [0.4, 0.5) is 0 Å². The molecule has 0 aliphatic carbocycles. The molecule has 4 heteroatoms. The van der Waals surface area contributed by atoms with Crippen molar-refractivity contribution in [1.29, 1.82) is 0 Å². The second-order valence-corrected chi connectivity index (χ2v) is 7.78. The molecular weight excluding hydrogens is 248 g/mol. The van der Waals surface area contributed by atoms with Gasteiger partial charge in [-0.1, -0.05) is 0 Å². The number of ether oxygens (including phenoxy) is 1. The molecule has 3 nitrogen and oxygen atoms in total. The lowest BCUT2D eigenvalue weighted by Gasteiger charge is -2.18. The molecule has 0 saturated heterocycles. The third-order valence-corrected chi connectivity index (χ3v) is 5.02. The van der Waals surface area contributed by atoms with Gasteiger partial charge in [0.2, 0.25) is 0 Å². The fraction of sp³-hybridized carbons (Fsp3) is 0.571. The fourth-order valence-electron chi connectivity index (χ4n) is 2.80. The molecule has 1 aromatic carbocycles. The Hall–Kier alpha value is -1.03.